The van der Waals surface area contributed by atoms with Crippen LogP contribution in [0.5, 0.6) is 0 Å². The molecule has 1 aromatic rings. The molecule has 160 valence electrons. The highest BCUT2D eigenvalue weighted by Gasteiger charge is 2.57. The Hall–Kier alpha value is -0.480. The predicted octanol–water partition coefficient (Wildman–Crippen LogP) is 3.11. The molecule has 29 heavy (non-hydrogen) atoms. The topological polar surface area (TPSA) is 86.7 Å². The van der Waals surface area contributed by atoms with Crippen LogP contribution in [0.15, 0.2) is 20.1 Å². The van der Waals surface area contributed by atoms with Gasteiger partial charge in [0.2, 0.25) is 5.91 Å². The maximum absolute atomic E-state index is 13.4. The molecular weight excluding hydrogens is 476 g/mol. The third-order valence-electron chi connectivity index (χ3n) is 7.70. The summed E-state index contributed by atoms with van der Waals surface area (Å²) in [6.07, 6.45) is 5.74. The van der Waals surface area contributed by atoms with E-state index in [9.17, 15) is 18.3 Å². The van der Waals surface area contributed by atoms with Gasteiger partial charge in [0.25, 0.3) is 10.0 Å². The summed E-state index contributed by atoms with van der Waals surface area (Å²) in [4.78, 5) is 13.4. The number of halogens is 1. The molecule has 5 fully saturated rings. The molecule has 4 aliphatic carbocycles. The van der Waals surface area contributed by atoms with Crippen LogP contribution in [-0.2, 0) is 14.8 Å². The van der Waals surface area contributed by atoms with Gasteiger partial charge in [0.05, 0.1) is 9.39 Å². The minimum Gasteiger partial charge on any atom is -0.390 e. The third-order valence-corrected chi connectivity index (χ3v) is 11.8. The van der Waals surface area contributed by atoms with Gasteiger partial charge in [-0.05, 0) is 97.7 Å². The average Bonchev–Trinajstić information content (AvgIpc) is 3.24. The number of nitrogens with one attached hydrogen (secondary N) is 1. The van der Waals surface area contributed by atoms with Crippen LogP contribution in [0, 0.1) is 17.8 Å². The molecule has 1 amide bonds. The minimum atomic E-state index is -3.72. The summed E-state index contributed by atoms with van der Waals surface area (Å²) in [5, 5.41) is 14.0. The lowest BCUT2D eigenvalue weighted by molar-refractivity contribution is -0.150. The number of thiophene rings is 1. The van der Waals surface area contributed by atoms with E-state index in [-0.39, 0.29) is 16.2 Å². The molecule has 6 nitrogen and oxygen atoms in total. The summed E-state index contributed by atoms with van der Waals surface area (Å²) in [7, 11) is -3.72. The summed E-state index contributed by atoms with van der Waals surface area (Å²) < 4.78 is 28.9. The van der Waals surface area contributed by atoms with Gasteiger partial charge in [-0.15, -0.1) is 11.3 Å². The minimum absolute atomic E-state index is 0.0530. The highest BCUT2D eigenvalue weighted by molar-refractivity contribution is 9.11. The van der Waals surface area contributed by atoms with Gasteiger partial charge in [0.15, 0.2) is 0 Å². The van der Waals surface area contributed by atoms with Gasteiger partial charge in [0.1, 0.15) is 9.75 Å². The molecule has 2 N–H and O–H groups in total. The van der Waals surface area contributed by atoms with E-state index in [4.69, 9.17) is 0 Å². The molecule has 9 heteroatoms. The first kappa shape index (κ1) is 20.4. The zero-order valence-corrected chi connectivity index (χ0v) is 19.7. The van der Waals surface area contributed by atoms with Gasteiger partial charge in [-0.3, -0.25) is 4.79 Å². The van der Waals surface area contributed by atoms with Crippen molar-refractivity contribution in [3.63, 3.8) is 0 Å². The van der Waals surface area contributed by atoms with Gasteiger partial charge in [-0.25, -0.2) is 8.42 Å². The van der Waals surface area contributed by atoms with Crippen molar-refractivity contribution in [2.24, 2.45) is 17.8 Å². The van der Waals surface area contributed by atoms with Crippen molar-refractivity contribution in [3.05, 3.63) is 15.9 Å². The Bertz CT molecular complexity index is 932. The van der Waals surface area contributed by atoms with Crippen LogP contribution < -0.4 is 5.32 Å². The van der Waals surface area contributed by atoms with E-state index in [2.05, 4.69) is 21.2 Å². The van der Waals surface area contributed by atoms with Gasteiger partial charge in [-0.1, -0.05) is 0 Å². The molecule has 2 heterocycles. The molecule has 4 bridgehead atoms. The number of rotatable bonds is 4. The molecule has 1 aliphatic heterocycles. The Kier molecular flexibility index (Phi) is 4.76. The number of carbonyl (C=O) groups excluding carboxylic acids is 1. The summed E-state index contributed by atoms with van der Waals surface area (Å²) in [5.74, 6) is 0.998. The Morgan fingerprint density at radius 1 is 1.28 bits per heavy atom. The number of carbonyl (C=O) groups is 1. The molecule has 5 aliphatic rings. The van der Waals surface area contributed by atoms with Crippen LogP contribution in [0.3, 0.4) is 0 Å². The number of hydrogen-bond donors (Lipinski definition) is 2. The molecule has 1 aromatic heterocycles. The zero-order valence-electron chi connectivity index (χ0n) is 16.4. The fraction of sp³-hybridized carbons (Fsp3) is 0.750. The predicted molar refractivity (Wildman–Crippen MR) is 114 cm³/mol. The molecule has 0 spiro atoms. The van der Waals surface area contributed by atoms with Crippen LogP contribution in [0.1, 0.15) is 51.9 Å². The lowest BCUT2D eigenvalue weighted by Gasteiger charge is -2.58. The third kappa shape index (κ3) is 3.23. The second kappa shape index (κ2) is 6.76. The van der Waals surface area contributed by atoms with Crippen molar-refractivity contribution >= 4 is 43.2 Å². The molecule has 0 radical (unpaired) electrons. The fourth-order valence-electron chi connectivity index (χ4n) is 6.62. The maximum atomic E-state index is 13.4. The first-order chi connectivity index (χ1) is 13.6. The smallest absolute Gasteiger partial charge is 0.253 e. The summed E-state index contributed by atoms with van der Waals surface area (Å²) in [6.45, 7) is 2.13. The van der Waals surface area contributed by atoms with E-state index >= 15 is 0 Å². The SMILES string of the molecule is C[C@]1(C(=O)NC2[C@@H]3CC4C[C@H]2CC(O)(C4)C3)CCCN1S(=O)(=O)c1ccc(Br)s1. The Morgan fingerprint density at radius 3 is 2.55 bits per heavy atom. The summed E-state index contributed by atoms with van der Waals surface area (Å²) in [6, 6.07) is 3.38. The van der Waals surface area contributed by atoms with E-state index in [1.54, 1.807) is 19.1 Å². The standard InChI is InChI=1S/C20H27BrN2O4S2/c1-19(5-2-6-23(19)29(26,27)16-4-3-15(21)28-16)18(24)22-17-13-7-12-8-14(17)11-20(25,9-12)10-13/h3-4,12-14,17,25H,2,5-11H2,1H3,(H,22,24)/t12?,13-,14+,17?,19-,20?/m1/s1. The van der Waals surface area contributed by atoms with Crippen LogP contribution in [0.25, 0.3) is 0 Å². The molecule has 4 saturated carbocycles. The second-order valence-corrected chi connectivity index (χ2v) is 14.3. The van der Waals surface area contributed by atoms with Gasteiger partial charge < -0.3 is 10.4 Å². The molecule has 6 atom stereocenters. The van der Waals surface area contributed by atoms with Crippen LogP contribution in [0.2, 0.25) is 0 Å². The Morgan fingerprint density at radius 2 is 1.97 bits per heavy atom. The van der Waals surface area contributed by atoms with E-state index in [0.29, 0.717) is 37.1 Å². The number of sulfonamides is 1. The van der Waals surface area contributed by atoms with Crippen molar-refractivity contribution in [1.29, 1.82) is 0 Å². The normalized spacial score (nSPS) is 41.8. The van der Waals surface area contributed by atoms with E-state index in [1.165, 1.54) is 15.6 Å². The average molecular weight is 503 g/mol. The number of amides is 1. The van der Waals surface area contributed by atoms with Crippen molar-refractivity contribution < 1.29 is 18.3 Å². The van der Waals surface area contributed by atoms with Gasteiger partial charge in [-0.2, -0.15) is 4.31 Å². The number of nitrogens with zero attached hydrogens (tertiary/aromatic N) is 1. The summed E-state index contributed by atoms with van der Waals surface area (Å²) in [5.41, 5.74) is -1.61. The number of aliphatic hydroxyl groups is 1. The number of hydrogen-bond acceptors (Lipinski definition) is 5. The van der Waals surface area contributed by atoms with Crippen molar-refractivity contribution in [2.75, 3.05) is 6.54 Å². The van der Waals surface area contributed by atoms with Crippen LogP contribution >= 0.6 is 27.3 Å². The quantitative estimate of drug-likeness (QED) is 0.661. The first-order valence-electron chi connectivity index (χ1n) is 10.4. The lowest BCUT2D eigenvalue weighted by Crippen LogP contribution is -2.65. The van der Waals surface area contributed by atoms with Crippen molar-refractivity contribution in [3.8, 4) is 0 Å². The highest BCUT2D eigenvalue weighted by Crippen LogP contribution is 2.55. The van der Waals surface area contributed by atoms with E-state index in [1.807, 2.05) is 0 Å². The molecular formula is C20H27BrN2O4S2. The van der Waals surface area contributed by atoms with E-state index in [0.717, 1.165) is 35.9 Å². The largest absolute Gasteiger partial charge is 0.390 e. The fourth-order valence-corrected chi connectivity index (χ4v) is 10.6. The summed E-state index contributed by atoms with van der Waals surface area (Å²) >= 11 is 4.51. The Labute approximate surface area is 184 Å². The van der Waals surface area contributed by atoms with E-state index < -0.39 is 21.2 Å². The Balaban J connectivity index is 1.38. The second-order valence-electron chi connectivity index (χ2n) is 9.71. The van der Waals surface area contributed by atoms with Crippen LogP contribution in [0.4, 0.5) is 0 Å². The zero-order chi connectivity index (χ0) is 20.6. The maximum Gasteiger partial charge on any atom is 0.253 e. The van der Waals surface area contributed by atoms with Crippen molar-refractivity contribution in [1.82, 2.24) is 9.62 Å². The first-order valence-corrected chi connectivity index (χ1v) is 13.5. The highest BCUT2D eigenvalue weighted by atomic mass is 79.9. The molecule has 6 rings (SSSR count). The molecule has 1 saturated heterocycles. The molecule has 3 unspecified atom stereocenters. The van der Waals surface area contributed by atoms with Gasteiger partial charge in [0, 0.05) is 12.6 Å². The van der Waals surface area contributed by atoms with Crippen molar-refractivity contribution in [2.45, 2.75) is 73.3 Å². The van der Waals surface area contributed by atoms with Gasteiger partial charge >= 0.3 is 0 Å². The lowest BCUT2D eigenvalue weighted by atomic mass is 9.52. The van der Waals surface area contributed by atoms with Crippen LogP contribution in [-0.4, -0.2) is 47.5 Å². The monoisotopic (exact) mass is 502 g/mol. The molecule has 0 aromatic carbocycles.